The number of halogens is 2. The van der Waals surface area contributed by atoms with E-state index < -0.39 is 0 Å². The third-order valence-electron chi connectivity index (χ3n) is 5.51. The molecule has 2 aliphatic carbocycles. The maximum Gasteiger partial charge on any atom is -1.00 e. The van der Waals surface area contributed by atoms with Gasteiger partial charge in [-0.15, -0.1) is 47.5 Å². The average molecular weight is 735 g/mol. The fourth-order valence-corrected chi connectivity index (χ4v) is 3.92. The van der Waals surface area contributed by atoms with Crippen LogP contribution in [-0.4, -0.2) is 10.1 Å². The molecule has 0 nitrogen and oxygen atoms in total. The molecule has 6 rings (SSSR count). The first-order chi connectivity index (χ1) is 16.6. The van der Waals surface area contributed by atoms with Crippen molar-refractivity contribution in [3.05, 3.63) is 133 Å². The Kier molecular flexibility index (Phi) is 13.2. The first kappa shape index (κ1) is 30.6. The van der Waals surface area contributed by atoms with E-state index in [9.17, 15) is 0 Å². The van der Waals surface area contributed by atoms with Crippen molar-refractivity contribution in [3.8, 4) is 0 Å². The van der Waals surface area contributed by atoms with Gasteiger partial charge in [0, 0.05) is 0 Å². The van der Waals surface area contributed by atoms with Crippen molar-refractivity contribution in [2.24, 2.45) is 0 Å². The van der Waals surface area contributed by atoms with Crippen LogP contribution in [0, 0.1) is 12.2 Å². The van der Waals surface area contributed by atoms with Crippen molar-refractivity contribution in [3.63, 3.8) is 0 Å². The van der Waals surface area contributed by atoms with Crippen LogP contribution in [0.3, 0.4) is 0 Å². The molecular formula is C32H28Cl2GeHf-2. The van der Waals surface area contributed by atoms with Gasteiger partial charge in [0.2, 0.25) is 0 Å². The molecule has 0 saturated carbocycles. The molecule has 4 aromatic carbocycles. The second kappa shape index (κ2) is 15.6. The summed E-state index contributed by atoms with van der Waals surface area (Å²) in [5, 5.41) is 5.18. The summed E-state index contributed by atoms with van der Waals surface area (Å²) in [6.45, 7) is 0. The number of hydrogen-bond acceptors (Lipinski definition) is 0. The largest absolute Gasteiger partial charge is 1.00 e. The standard InChI is InChI=1S/2C15H11.C2H6Ge.2ClH.Hf/c2*1-2-6-12(5-1)15-10-9-13-7-3-4-8-14(13)11-15;1-3-2;;;/h2*1,3-5,7-11H,2H2;1-2H3;2*1H;/q2*-1;;;;+2/p-2. The minimum absolute atomic E-state index is 0. The molecule has 4 aromatic rings. The Morgan fingerprint density at radius 3 is 1.28 bits per heavy atom. The van der Waals surface area contributed by atoms with Crippen molar-refractivity contribution in [1.82, 2.24) is 0 Å². The molecule has 0 saturated heterocycles. The number of allylic oxidation sites excluding steroid dienone is 8. The van der Waals surface area contributed by atoms with E-state index in [1.807, 2.05) is 0 Å². The first-order valence-electron chi connectivity index (χ1n) is 11.6. The van der Waals surface area contributed by atoms with E-state index >= 15 is 0 Å². The van der Waals surface area contributed by atoms with E-state index in [1.54, 1.807) is 0 Å². The van der Waals surface area contributed by atoms with Gasteiger partial charge in [0.25, 0.3) is 0 Å². The third-order valence-corrected chi connectivity index (χ3v) is 5.51. The molecule has 180 valence electrons. The van der Waals surface area contributed by atoms with Crippen LogP contribution in [0.2, 0.25) is 11.5 Å². The summed E-state index contributed by atoms with van der Waals surface area (Å²) in [6, 6.07) is 30.0. The summed E-state index contributed by atoms with van der Waals surface area (Å²) in [4.78, 5) is 0. The predicted molar refractivity (Wildman–Crippen MR) is 146 cm³/mol. The minimum atomic E-state index is -0.194. The fraction of sp³-hybridized carbons (Fsp3) is 0.125. The zero-order valence-corrected chi connectivity index (χ0v) is 27.8. The van der Waals surface area contributed by atoms with E-state index in [4.69, 9.17) is 0 Å². The minimum Gasteiger partial charge on any atom is -1.00 e. The van der Waals surface area contributed by atoms with Crippen LogP contribution in [0.15, 0.2) is 109 Å². The molecule has 4 heteroatoms. The monoisotopic (exact) mass is 736 g/mol. The normalized spacial score (nSPS) is 12.9. The fourth-order valence-electron chi connectivity index (χ4n) is 3.92. The molecule has 0 amide bonds. The van der Waals surface area contributed by atoms with Gasteiger partial charge in [-0.05, 0) is 21.5 Å². The van der Waals surface area contributed by atoms with Crippen LogP contribution in [0.25, 0.3) is 32.7 Å². The van der Waals surface area contributed by atoms with Crippen LogP contribution in [0.4, 0.5) is 0 Å². The van der Waals surface area contributed by atoms with E-state index in [1.165, 1.54) is 65.1 Å². The molecule has 2 aliphatic rings. The van der Waals surface area contributed by atoms with Gasteiger partial charge in [0.05, 0.1) is 0 Å². The summed E-state index contributed by atoms with van der Waals surface area (Å²) in [6.07, 6.45) is 17.2. The number of hydrogen-bond donors (Lipinski definition) is 0. The van der Waals surface area contributed by atoms with Crippen molar-refractivity contribution in [2.75, 3.05) is 0 Å². The van der Waals surface area contributed by atoms with Crippen LogP contribution in [-0.2, 0) is 21.3 Å². The van der Waals surface area contributed by atoms with Crippen molar-refractivity contribution in [1.29, 1.82) is 0 Å². The maximum atomic E-state index is 3.34. The summed E-state index contributed by atoms with van der Waals surface area (Å²) >= 11 is 1.52. The van der Waals surface area contributed by atoms with Gasteiger partial charge in [0.1, 0.15) is 0 Å². The van der Waals surface area contributed by atoms with Crippen LogP contribution in [0.5, 0.6) is 0 Å². The predicted octanol–water partition coefficient (Wildman–Crippen LogP) is 2.76. The van der Waals surface area contributed by atoms with Gasteiger partial charge in [-0.25, -0.2) is 0 Å². The number of rotatable bonds is 2. The first-order valence-corrected chi connectivity index (χ1v) is 26.2. The van der Waals surface area contributed by atoms with Gasteiger partial charge in [-0.1, -0.05) is 73.5 Å². The topological polar surface area (TPSA) is 0 Å². The summed E-state index contributed by atoms with van der Waals surface area (Å²) in [7, 11) is -0.194. The molecular weight excluding hydrogens is 706 g/mol. The third kappa shape index (κ3) is 8.73. The van der Waals surface area contributed by atoms with Gasteiger partial charge < -0.3 is 24.8 Å². The van der Waals surface area contributed by atoms with Crippen LogP contribution < -0.4 is 24.8 Å². The summed E-state index contributed by atoms with van der Waals surface area (Å²) in [5.74, 6) is 4.79. The van der Waals surface area contributed by atoms with Crippen molar-refractivity contribution < 1.29 is 46.1 Å². The average Bonchev–Trinajstić information content (AvgIpc) is 3.58. The molecule has 0 bridgehead atoms. The Morgan fingerprint density at radius 1 is 0.583 bits per heavy atom. The van der Waals surface area contributed by atoms with E-state index in [0.29, 0.717) is 0 Å². The molecule has 0 N–H and O–H groups in total. The molecule has 0 fully saturated rings. The second-order valence-corrected chi connectivity index (χ2v) is 31.4. The number of benzene rings is 4. The maximum absolute atomic E-state index is 3.34. The summed E-state index contributed by atoms with van der Waals surface area (Å²) < 4.78 is 0. The Labute approximate surface area is 243 Å². The zero-order valence-electron chi connectivity index (χ0n) is 20.6. The van der Waals surface area contributed by atoms with Gasteiger partial charge in [-0.2, -0.15) is 35.5 Å². The smallest absolute Gasteiger partial charge is 1.00 e. The Balaban J connectivity index is 0.000000211. The zero-order chi connectivity index (χ0) is 23.8. The van der Waals surface area contributed by atoms with E-state index in [-0.39, 0.29) is 34.9 Å². The molecule has 0 unspecified atom stereocenters. The van der Waals surface area contributed by atoms with Crippen molar-refractivity contribution in [2.45, 2.75) is 24.4 Å². The molecule has 36 heavy (non-hydrogen) atoms. The SMILES string of the molecule is [C-]1=C(c2ccc3ccccc3c2)C=CC1.[C-]1=C(c2ccc3ccccc3c2)C=CC1.[CH3][Ge]([CH3])=[Hf+2].[Cl-].[Cl-]. The number of fused-ring (bicyclic) bond motifs is 2. The van der Waals surface area contributed by atoms with Gasteiger partial charge >= 0.3 is 42.8 Å². The van der Waals surface area contributed by atoms with Gasteiger partial charge in [-0.3, -0.25) is 0 Å². The van der Waals surface area contributed by atoms with Gasteiger partial charge in [0.15, 0.2) is 0 Å². The van der Waals surface area contributed by atoms with Crippen molar-refractivity contribution >= 4 is 42.7 Å². The summed E-state index contributed by atoms with van der Waals surface area (Å²) in [5.41, 5.74) is 4.98. The van der Waals surface area contributed by atoms with Crippen LogP contribution in [0.1, 0.15) is 24.0 Å². The molecule has 0 aromatic heterocycles. The molecule has 0 radical (unpaired) electrons. The molecule has 0 atom stereocenters. The van der Waals surface area contributed by atoms with Crippen LogP contribution >= 0.6 is 0 Å². The second-order valence-electron chi connectivity index (χ2n) is 8.52. The Hall–Kier alpha value is -1.65. The quantitative estimate of drug-likeness (QED) is 0.220. The van der Waals surface area contributed by atoms with E-state index in [2.05, 4.69) is 133 Å². The molecule has 0 heterocycles. The molecule has 0 aliphatic heterocycles. The van der Waals surface area contributed by atoms with E-state index in [0.717, 1.165) is 12.8 Å². The molecule has 0 spiro atoms. The Bertz CT molecular complexity index is 1340. The Morgan fingerprint density at radius 2 is 0.944 bits per heavy atom.